The third-order valence-corrected chi connectivity index (χ3v) is 5.88. The quantitative estimate of drug-likeness (QED) is 0.759. The summed E-state index contributed by atoms with van der Waals surface area (Å²) in [6.07, 6.45) is 2.64. The number of anilines is 1. The molecule has 1 aromatic carbocycles. The Morgan fingerprint density at radius 2 is 1.79 bits per heavy atom. The molecule has 2 aliphatic heterocycles. The molecule has 3 fully saturated rings. The molecule has 1 aromatic heterocycles. The topological polar surface area (TPSA) is 96.3 Å². The SMILES string of the molecule is O=C1CCC(n2nc(C3CC3)c3cc(N4CCNCC4)ccc3c2=O)C(=O)N1. The fraction of sp³-hybridized carbons (Fsp3) is 0.500. The number of imide groups is 1. The normalized spacial score (nSPS) is 23.1. The van der Waals surface area contributed by atoms with E-state index >= 15 is 0 Å². The molecule has 1 aliphatic carbocycles. The first-order valence-electron chi connectivity index (χ1n) is 9.97. The number of amides is 2. The Bertz CT molecular complexity index is 1020. The fourth-order valence-electron chi connectivity index (χ4n) is 4.17. The van der Waals surface area contributed by atoms with Crippen molar-refractivity contribution < 1.29 is 9.59 Å². The molecule has 146 valence electrons. The van der Waals surface area contributed by atoms with Crippen molar-refractivity contribution in [2.24, 2.45) is 0 Å². The Morgan fingerprint density at radius 3 is 2.50 bits per heavy atom. The predicted molar refractivity (Wildman–Crippen MR) is 104 cm³/mol. The van der Waals surface area contributed by atoms with E-state index in [-0.39, 0.29) is 17.9 Å². The molecule has 3 aliphatic rings. The van der Waals surface area contributed by atoms with Gasteiger partial charge in [0.15, 0.2) is 0 Å². The molecular weight excluding hydrogens is 358 g/mol. The van der Waals surface area contributed by atoms with Crippen LogP contribution < -0.4 is 21.1 Å². The number of hydrogen-bond donors (Lipinski definition) is 2. The van der Waals surface area contributed by atoms with Gasteiger partial charge in [0, 0.05) is 49.6 Å². The number of nitrogens with one attached hydrogen (secondary N) is 2. The van der Waals surface area contributed by atoms with E-state index in [0.29, 0.717) is 17.7 Å². The molecule has 2 aromatic rings. The van der Waals surface area contributed by atoms with Gasteiger partial charge in [-0.05, 0) is 37.5 Å². The van der Waals surface area contributed by atoms with Gasteiger partial charge in [0.25, 0.3) is 11.5 Å². The number of piperidine rings is 1. The molecule has 1 unspecified atom stereocenters. The summed E-state index contributed by atoms with van der Waals surface area (Å²) in [6.45, 7) is 3.77. The molecular formula is C20H23N5O3. The van der Waals surface area contributed by atoms with Gasteiger partial charge in [-0.25, -0.2) is 4.68 Å². The molecule has 2 N–H and O–H groups in total. The van der Waals surface area contributed by atoms with Crippen LogP contribution >= 0.6 is 0 Å². The molecule has 2 amide bonds. The number of aromatic nitrogens is 2. The second kappa shape index (κ2) is 6.70. The summed E-state index contributed by atoms with van der Waals surface area (Å²) in [4.78, 5) is 39.2. The zero-order valence-electron chi connectivity index (χ0n) is 15.6. The van der Waals surface area contributed by atoms with Crippen molar-refractivity contribution in [3.8, 4) is 0 Å². The number of benzene rings is 1. The zero-order valence-corrected chi connectivity index (χ0v) is 15.6. The maximum Gasteiger partial charge on any atom is 0.275 e. The summed E-state index contributed by atoms with van der Waals surface area (Å²) in [7, 11) is 0. The van der Waals surface area contributed by atoms with Crippen molar-refractivity contribution in [1.29, 1.82) is 0 Å². The van der Waals surface area contributed by atoms with E-state index in [1.165, 1.54) is 4.68 Å². The lowest BCUT2D eigenvalue weighted by Crippen LogP contribution is -2.45. The van der Waals surface area contributed by atoms with E-state index in [2.05, 4.69) is 26.7 Å². The molecule has 0 bridgehead atoms. The molecule has 2 saturated heterocycles. The number of carbonyl (C=O) groups excluding carboxylic acids is 2. The highest BCUT2D eigenvalue weighted by molar-refractivity contribution is 5.99. The van der Waals surface area contributed by atoms with E-state index in [1.54, 1.807) is 0 Å². The van der Waals surface area contributed by atoms with Crippen molar-refractivity contribution in [2.75, 3.05) is 31.1 Å². The Balaban J connectivity index is 1.62. The molecule has 1 saturated carbocycles. The number of piperazine rings is 1. The molecule has 0 spiro atoms. The molecule has 5 rings (SSSR count). The Morgan fingerprint density at radius 1 is 1.00 bits per heavy atom. The average Bonchev–Trinajstić information content (AvgIpc) is 3.55. The second-order valence-corrected chi connectivity index (χ2v) is 7.84. The van der Waals surface area contributed by atoms with Gasteiger partial charge in [0.1, 0.15) is 6.04 Å². The smallest absolute Gasteiger partial charge is 0.275 e. The van der Waals surface area contributed by atoms with Crippen LogP contribution in [0.3, 0.4) is 0 Å². The van der Waals surface area contributed by atoms with Crippen molar-refractivity contribution in [3.05, 3.63) is 34.2 Å². The highest BCUT2D eigenvalue weighted by Gasteiger charge is 2.33. The van der Waals surface area contributed by atoms with Gasteiger partial charge in [0.05, 0.1) is 11.1 Å². The summed E-state index contributed by atoms with van der Waals surface area (Å²) in [6, 6.07) is 5.21. The Kier molecular flexibility index (Phi) is 4.16. The van der Waals surface area contributed by atoms with Crippen LogP contribution in [0.25, 0.3) is 10.8 Å². The van der Waals surface area contributed by atoms with Crippen LogP contribution in [0.15, 0.2) is 23.0 Å². The van der Waals surface area contributed by atoms with Gasteiger partial charge in [-0.3, -0.25) is 19.7 Å². The van der Waals surface area contributed by atoms with Gasteiger partial charge in [-0.2, -0.15) is 5.10 Å². The summed E-state index contributed by atoms with van der Waals surface area (Å²) >= 11 is 0. The summed E-state index contributed by atoms with van der Waals surface area (Å²) in [5, 5.41) is 11.8. The maximum atomic E-state index is 13.1. The molecule has 1 atom stereocenters. The Labute approximate surface area is 161 Å². The number of carbonyl (C=O) groups is 2. The number of rotatable bonds is 3. The van der Waals surface area contributed by atoms with E-state index < -0.39 is 11.9 Å². The van der Waals surface area contributed by atoms with Crippen molar-refractivity contribution in [3.63, 3.8) is 0 Å². The molecule has 8 heteroatoms. The number of hydrogen-bond acceptors (Lipinski definition) is 6. The fourth-order valence-corrected chi connectivity index (χ4v) is 4.17. The predicted octanol–water partition coefficient (Wildman–Crippen LogP) is 0.661. The second-order valence-electron chi connectivity index (χ2n) is 7.84. The minimum Gasteiger partial charge on any atom is -0.369 e. The summed E-state index contributed by atoms with van der Waals surface area (Å²) in [5.41, 5.74) is 1.74. The third-order valence-electron chi connectivity index (χ3n) is 5.88. The first kappa shape index (κ1) is 17.4. The standard InChI is InChI=1S/C20H23N5O3/c26-17-6-5-16(19(27)22-17)25-20(28)14-4-3-13(24-9-7-21-8-10-24)11-15(14)18(23-25)12-1-2-12/h3-4,11-12,16,21H,1-2,5-10H2,(H,22,26,27). The van der Waals surface area contributed by atoms with Crippen LogP contribution in [0.2, 0.25) is 0 Å². The van der Waals surface area contributed by atoms with Gasteiger partial charge in [0.2, 0.25) is 5.91 Å². The van der Waals surface area contributed by atoms with Crippen molar-refractivity contribution in [2.45, 2.75) is 37.6 Å². The molecule has 3 heterocycles. The molecule has 8 nitrogen and oxygen atoms in total. The zero-order chi connectivity index (χ0) is 19.3. The first-order chi connectivity index (χ1) is 13.6. The maximum absolute atomic E-state index is 13.1. The lowest BCUT2D eigenvalue weighted by molar-refractivity contribution is -0.136. The highest BCUT2D eigenvalue weighted by atomic mass is 16.2. The highest BCUT2D eigenvalue weighted by Crippen LogP contribution is 2.42. The van der Waals surface area contributed by atoms with Crippen LogP contribution in [0.1, 0.15) is 43.3 Å². The Hall–Kier alpha value is -2.74. The van der Waals surface area contributed by atoms with Crippen molar-refractivity contribution >= 4 is 28.3 Å². The van der Waals surface area contributed by atoms with E-state index in [4.69, 9.17) is 0 Å². The van der Waals surface area contributed by atoms with Gasteiger partial charge < -0.3 is 10.2 Å². The monoisotopic (exact) mass is 381 g/mol. The number of fused-ring (bicyclic) bond motifs is 1. The van der Waals surface area contributed by atoms with Crippen LogP contribution in [-0.2, 0) is 9.59 Å². The van der Waals surface area contributed by atoms with Gasteiger partial charge in [-0.1, -0.05) is 0 Å². The van der Waals surface area contributed by atoms with Crippen LogP contribution in [0.4, 0.5) is 5.69 Å². The average molecular weight is 381 g/mol. The molecule has 28 heavy (non-hydrogen) atoms. The van der Waals surface area contributed by atoms with Crippen LogP contribution in [-0.4, -0.2) is 47.8 Å². The van der Waals surface area contributed by atoms with E-state index in [9.17, 15) is 14.4 Å². The van der Waals surface area contributed by atoms with Gasteiger partial charge in [-0.15, -0.1) is 0 Å². The number of nitrogens with zero attached hydrogens (tertiary/aromatic N) is 3. The minimum atomic E-state index is -0.722. The van der Waals surface area contributed by atoms with E-state index in [1.807, 2.05) is 12.1 Å². The lowest BCUT2D eigenvalue weighted by Gasteiger charge is -2.30. The van der Waals surface area contributed by atoms with Gasteiger partial charge >= 0.3 is 0 Å². The van der Waals surface area contributed by atoms with Crippen molar-refractivity contribution in [1.82, 2.24) is 20.4 Å². The third kappa shape index (κ3) is 2.97. The minimum absolute atomic E-state index is 0.225. The van der Waals surface area contributed by atoms with Crippen LogP contribution in [0.5, 0.6) is 0 Å². The lowest BCUT2D eigenvalue weighted by atomic mass is 10.0. The largest absolute Gasteiger partial charge is 0.369 e. The summed E-state index contributed by atoms with van der Waals surface area (Å²) in [5.74, 6) is -0.400. The molecule has 0 radical (unpaired) electrons. The van der Waals surface area contributed by atoms with E-state index in [0.717, 1.165) is 55.8 Å². The summed E-state index contributed by atoms with van der Waals surface area (Å²) < 4.78 is 1.31. The first-order valence-corrected chi connectivity index (χ1v) is 9.97. The van der Waals surface area contributed by atoms with Crippen LogP contribution in [0, 0.1) is 0 Å².